The third-order valence-corrected chi connectivity index (χ3v) is 2.89. The van der Waals surface area contributed by atoms with Crippen molar-refractivity contribution in [1.29, 1.82) is 5.26 Å². The highest BCUT2D eigenvalue weighted by atomic mass is 19.1. The summed E-state index contributed by atoms with van der Waals surface area (Å²) in [5.41, 5.74) is 7.36. The van der Waals surface area contributed by atoms with Crippen LogP contribution in [0.4, 0.5) is 15.8 Å². The number of nitrogens with two attached hydrogens (primary N) is 1. The highest BCUT2D eigenvalue weighted by Gasteiger charge is 2.13. The van der Waals surface area contributed by atoms with Gasteiger partial charge < -0.3 is 11.1 Å². The number of nitrogen functional groups attached to an aromatic ring is 1. The van der Waals surface area contributed by atoms with Gasteiger partial charge in [-0.05, 0) is 36.8 Å². The molecule has 3 N–H and O–H groups in total. The van der Waals surface area contributed by atoms with Crippen LogP contribution in [-0.4, -0.2) is 5.91 Å². The number of benzene rings is 2. The fourth-order valence-corrected chi connectivity index (χ4v) is 1.84. The molecule has 2 rings (SSSR count). The van der Waals surface area contributed by atoms with E-state index in [0.717, 1.165) is 11.6 Å². The van der Waals surface area contributed by atoms with Gasteiger partial charge in [0.05, 0.1) is 16.8 Å². The molecule has 0 unspecified atom stereocenters. The Kier molecular flexibility index (Phi) is 3.67. The first-order chi connectivity index (χ1) is 9.52. The van der Waals surface area contributed by atoms with E-state index in [1.54, 1.807) is 25.1 Å². The summed E-state index contributed by atoms with van der Waals surface area (Å²) >= 11 is 0. The number of halogens is 1. The lowest BCUT2D eigenvalue weighted by molar-refractivity contribution is 0.102. The number of anilines is 2. The minimum absolute atomic E-state index is 0.0374. The van der Waals surface area contributed by atoms with Gasteiger partial charge in [-0.15, -0.1) is 0 Å². The van der Waals surface area contributed by atoms with Crippen molar-refractivity contribution in [3.8, 4) is 6.07 Å². The van der Waals surface area contributed by atoms with Crippen LogP contribution < -0.4 is 11.1 Å². The highest BCUT2D eigenvalue weighted by molar-refractivity contribution is 6.08. The summed E-state index contributed by atoms with van der Waals surface area (Å²) in [6.45, 7) is 1.77. The maximum atomic E-state index is 13.2. The van der Waals surface area contributed by atoms with Crippen molar-refractivity contribution in [2.75, 3.05) is 11.1 Å². The first-order valence-electron chi connectivity index (χ1n) is 5.89. The van der Waals surface area contributed by atoms with E-state index in [0.29, 0.717) is 11.3 Å². The van der Waals surface area contributed by atoms with Gasteiger partial charge in [0.1, 0.15) is 11.9 Å². The number of nitrogens with one attached hydrogen (secondary N) is 1. The molecule has 4 nitrogen and oxygen atoms in total. The van der Waals surface area contributed by atoms with Gasteiger partial charge in [0.25, 0.3) is 5.91 Å². The smallest absolute Gasteiger partial charge is 0.257 e. The van der Waals surface area contributed by atoms with Crippen molar-refractivity contribution in [2.24, 2.45) is 0 Å². The van der Waals surface area contributed by atoms with E-state index in [-0.39, 0.29) is 11.3 Å². The van der Waals surface area contributed by atoms with E-state index >= 15 is 0 Å². The predicted molar refractivity (Wildman–Crippen MR) is 74.7 cm³/mol. The van der Waals surface area contributed by atoms with E-state index in [1.807, 2.05) is 6.07 Å². The third-order valence-electron chi connectivity index (χ3n) is 2.89. The lowest BCUT2D eigenvalue weighted by Crippen LogP contribution is -2.15. The molecule has 0 aliphatic heterocycles. The predicted octanol–water partition coefficient (Wildman–Crippen LogP) is 2.84. The first-order valence-corrected chi connectivity index (χ1v) is 5.89. The molecule has 0 saturated heterocycles. The lowest BCUT2D eigenvalue weighted by Gasteiger charge is -2.10. The van der Waals surface area contributed by atoms with Gasteiger partial charge in [-0.2, -0.15) is 5.26 Å². The van der Waals surface area contributed by atoms with Crippen LogP contribution in [0.5, 0.6) is 0 Å². The van der Waals surface area contributed by atoms with E-state index in [4.69, 9.17) is 11.0 Å². The Labute approximate surface area is 115 Å². The number of nitrogens with zero attached hydrogens (tertiary/aromatic N) is 1. The van der Waals surface area contributed by atoms with Gasteiger partial charge in [0, 0.05) is 5.69 Å². The fourth-order valence-electron chi connectivity index (χ4n) is 1.84. The van der Waals surface area contributed by atoms with Crippen LogP contribution in [0.15, 0.2) is 36.4 Å². The maximum Gasteiger partial charge on any atom is 0.257 e. The van der Waals surface area contributed by atoms with E-state index in [9.17, 15) is 9.18 Å². The van der Waals surface area contributed by atoms with Gasteiger partial charge in [-0.1, -0.05) is 12.1 Å². The monoisotopic (exact) mass is 269 g/mol. The van der Waals surface area contributed by atoms with Crippen LogP contribution in [0.1, 0.15) is 21.5 Å². The van der Waals surface area contributed by atoms with Crippen molar-refractivity contribution < 1.29 is 9.18 Å². The molecule has 2 aromatic carbocycles. The number of hydrogen-bond acceptors (Lipinski definition) is 3. The molecule has 0 spiro atoms. The van der Waals surface area contributed by atoms with E-state index in [1.165, 1.54) is 12.1 Å². The van der Waals surface area contributed by atoms with E-state index in [2.05, 4.69) is 5.32 Å². The third kappa shape index (κ3) is 2.59. The number of carbonyl (C=O) groups is 1. The number of amides is 1. The number of carbonyl (C=O) groups excluding carboxylic acids is 1. The molecule has 1 amide bonds. The van der Waals surface area contributed by atoms with E-state index < -0.39 is 11.7 Å². The molecule has 0 atom stereocenters. The van der Waals surface area contributed by atoms with Crippen molar-refractivity contribution >= 4 is 17.3 Å². The van der Waals surface area contributed by atoms with Crippen molar-refractivity contribution in [3.63, 3.8) is 0 Å². The molecular weight excluding hydrogens is 257 g/mol. The van der Waals surface area contributed by atoms with Crippen LogP contribution in [0.25, 0.3) is 0 Å². The molecule has 20 heavy (non-hydrogen) atoms. The zero-order chi connectivity index (χ0) is 14.7. The zero-order valence-corrected chi connectivity index (χ0v) is 10.8. The first kappa shape index (κ1) is 13.6. The molecule has 0 bridgehead atoms. The second kappa shape index (κ2) is 5.41. The number of nitriles is 1. The molecule has 0 radical (unpaired) electrons. The van der Waals surface area contributed by atoms with Gasteiger partial charge >= 0.3 is 0 Å². The van der Waals surface area contributed by atoms with Gasteiger partial charge in [-0.3, -0.25) is 4.79 Å². The van der Waals surface area contributed by atoms with Crippen LogP contribution in [0, 0.1) is 24.1 Å². The van der Waals surface area contributed by atoms with Crippen molar-refractivity contribution in [2.45, 2.75) is 6.92 Å². The van der Waals surface area contributed by atoms with Gasteiger partial charge in [-0.25, -0.2) is 4.39 Å². The fraction of sp³-hybridized carbons (Fsp3) is 0.0667. The summed E-state index contributed by atoms with van der Waals surface area (Å²) in [7, 11) is 0. The van der Waals surface area contributed by atoms with Crippen molar-refractivity contribution in [3.05, 3.63) is 58.9 Å². The summed E-state index contributed by atoms with van der Waals surface area (Å²) in [5, 5.41) is 11.7. The molecule has 0 aliphatic rings. The van der Waals surface area contributed by atoms with Crippen LogP contribution in [-0.2, 0) is 0 Å². The second-order valence-corrected chi connectivity index (χ2v) is 4.29. The molecule has 0 aliphatic carbocycles. The van der Waals surface area contributed by atoms with Gasteiger partial charge in [0.2, 0.25) is 0 Å². The van der Waals surface area contributed by atoms with Crippen molar-refractivity contribution in [1.82, 2.24) is 0 Å². The summed E-state index contributed by atoms with van der Waals surface area (Å²) in [4.78, 5) is 12.1. The maximum absolute atomic E-state index is 13.2. The summed E-state index contributed by atoms with van der Waals surface area (Å²) in [5.74, 6) is -1.10. The summed E-state index contributed by atoms with van der Waals surface area (Å²) in [6.07, 6.45) is 0. The topological polar surface area (TPSA) is 78.9 Å². The minimum Gasteiger partial charge on any atom is -0.398 e. The molecule has 2 aromatic rings. The Morgan fingerprint density at radius 1 is 1.35 bits per heavy atom. The molecular formula is C15H12FN3O. The summed E-state index contributed by atoms with van der Waals surface area (Å²) < 4.78 is 13.2. The Balaban J connectivity index is 2.36. The van der Waals surface area contributed by atoms with Crippen LogP contribution >= 0.6 is 0 Å². The lowest BCUT2D eigenvalue weighted by atomic mass is 10.1. The molecule has 0 aromatic heterocycles. The minimum atomic E-state index is -0.552. The van der Waals surface area contributed by atoms with Gasteiger partial charge in [0.15, 0.2) is 0 Å². The quantitative estimate of drug-likeness (QED) is 0.823. The Bertz CT molecular complexity index is 720. The highest BCUT2D eigenvalue weighted by Crippen LogP contribution is 2.21. The largest absolute Gasteiger partial charge is 0.398 e. The number of rotatable bonds is 2. The Morgan fingerprint density at radius 2 is 2.10 bits per heavy atom. The summed E-state index contributed by atoms with van der Waals surface area (Å²) in [6, 6.07) is 10.7. The average Bonchev–Trinajstić information content (AvgIpc) is 2.41. The molecule has 0 heterocycles. The zero-order valence-electron chi connectivity index (χ0n) is 10.8. The molecule has 0 fully saturated rings. The van der Waals surface area contributed by atoms with Crippen LogP contribution in [0.3, 0.4) is 0 Å². The normalized spacial score (nSPS) is 9.85. The SMILES string of the molecule is Cc1cccc(NC(=O)c2cc(F)ccc2N)c1C#N. The average molecular weight is 269 g/mol. The van der Waals surface area contributed by atoms with Crippen LogP contribution in [0.2, 0.25) is 0 Å². The Morgan fingerprint density at radius 3 is 2.80 bits per heavy atom. The second-order valence-electron chi connectivity index (χ2n) is 4.29. The standard InChI is InChI=1S/C15H12FN3O/c1-9-3-2-4-14(12(9)8-17)19-15(20)11-7-10(16)5-6-13(11)18/h2-7H,18H2,1H3,(H,19,20). The molecule has 100 valence electrons. The molecule has 5 heteroatoms. The Hall–Kier alpha value is -2.87. The number of aryl methyl sites for hydroxylation is 1. The molecule has 0 saturated carbocycles. The number of hydrogen-bond donors (Lipinski definition) is 2.